The van der Waals surface area contributed by atoms with Gasteiger partial charge < -0.3 is 24.0 Å². The molecule has 33 heavy (non-hydrogen) atoms. The smallest absolute Gasteiger partial charge is 0.417 e. The van der Waals surface area contributed by atoms with Gasteiger partial charge in [-0.1, -0.05) is 11.6 Å². The Hall–Kier alpha value is -3.21. The third kappa shape index (κ3) is 5.78. The normalized spacial score (nSPS) is 14.1. The van der Waals surface area contributed by atoms with Crippen molar-refractivity contribution in [3.05, 3.63) is 46.6 Å². The van der Waals surface area contributed by atoms with Gasteiger partial charge in [0.2, 0.25) is 0 Å². The fourth-order valence-electron chi connectivity index (χ4n) is 3.25. The molecule has 1 aromatic heterocycles. The van der Waals surface area contributed by atoms with Gasteiger partial charge in [-0.2, -0.15) is 13.2 Å². The zero-order chi connectivity index (χ0) is 24.2. The molecule has 1 aliphatic heterocycles. The van der Waals surface area contributed by atoms with Crippen LogP contribution in [-0.2, 0) is 15.7 Å². The number of nitrogens with zero attached hydrogens (tertiary/aromatic N) is 3. The van der Waals surface area contributed by atoms with Gasteiger partial charge in [-0.15, -0.1) is 0 Å². The Balaban J connectivity index is 1.54. The Bertz CT molecular complexity index is 1030. The summed E-state index contributed by atoms with van der Waals surface area (Å²) in [6.07, 6.45) is -3.81. The summed E-state index contributed by atoms with van der Waals surface area (Å²) >= 11 is 5.99. The van der Waals surface area contributed by atoms with Crippen LogP contribution >= 0.6 is 11.6 Å². The molecular formula is C21H21ClF3N3O5. The number of amides is 1. The number of halogens is 4. The molecule has 1 aliphatic rings. The van der Waals surface area contributed by atoms with Gasteiger partial charge in [-0.3, -0.25) is 4.79 Å². The third-order valence-corrected chi connectivity index (χ3v) is 5.31. The second-order valence-corrected chi connectivity index (χ2v) is 7.44. The molecule has 178 valence electrons. The number of carbonyl (C=O) groups is 2. The molecule has 0 aliphatic carbocycles. The molecule has 8 nitrogen and oxygen atoms in total. The first-order valence-electron chi connectivity index (χ1n) is 9.78. The lowest BCUT2D eigenvalue weighted by Crippen LogP contribution is -2.50. The zero-order valence-corrected chi connectivity index (χ0v) is 18.6. The first-order valence-corrected chi connectivity index (χ1v) is 10.2. The molecule has 0 atom stereocenters. The maximum Gasteiger partial charge on any atom is 0.417 e. The number of hydrogen-bond donors (Lipinski definition) is 0. The molecule has 1 aromatic carbocycles. The largest absolute Gasteiger partial charge is 0.497 e. The molecule has 12 heteroatoms. The van der Waals surface area contributed by atoms with Crippen LogP contribution in [0.1, 0.15) is 15.9 Å². The van der Waals surface area contributed by atoms with Crippen LogP contribution in [0.5, 0.6) is 11.5 Å². The number of aromatic nitrogens is 1. The highest BCUT2D eigenvalue weighted by Gasteiger charge is 2.32. The summed E-state index contributed by atoms with van der Waals surface area (Å²) in [5.74, 6) is -0.153. The van der Waals surface area contributed by atoms with Crippen LogP contribution in [0.15, 0.2) is 30.5 Å². The second-order valence-electron chi connectivity index (χ2n) is 7.04. The monoisotopic (exact) mass is 487 g/mol. The van der Waals surface area contributed by atoms with Gasteiger partial charge >= 0.3 is 12.1 Å². The van der Waals surface area contributed by atoms with Crippen LogP contribution < -0.4 is 14.4 Å². The van der Waals surface area contributed by atoms with Crippen molar-refractivity contribution in [3.8, 4) is 11.5 Å². The van der Waals surface area contributed by atoms with Crippen LogP contribution in [0, 0.1) is 0 Å². The number of anilines is 1. The van der Waals surface area contributed by atoms with E-state index in [4.69, 9.17) is 25.8 Å². The molecule has 1 fully saturated rings. The fourth-order valence-corrected chi connectivity index (χ4v) is 3.54. The van der Waals surface area contributed by atoms with E-state index in [9.17, 15) is 22.8 Å². The highest BCUT2D eigenvalue weighted by atomic mass is 35.5. The van der Waals surface area contributed by atoms with Crippen molar-refractivity contribution in [2.75, 3.05) is 51.9 Å². The van der Waals surface area contributed by atoms with E-state index in [-0.39, 0.29) is 35.2 Å². The van der Waals surface area contributed by atoms with Crippen LogP contribution in [0.3, 0.4) is 0 Å². The van der Waals surface area contributed by atoms with Crippen molar-refractivity contribution in [2.24, 2.45) is 0 Å². The predicted octanol–water partition coefficient (Wildman–Crippen LogP) is 3.28. The molecule has 0 spiro atoms. The van der Waals surface area contributed by atoms with Gasteiger partial charge in [-0.05, 0) is 18.2 Å². The molecule has 0 radical (unpaired) electrons. The number of esters is 1. The summed E-state index contributed by atoms with van der Waals surface area (Å²) < 4.78 is 53.7. The van der Waals surface area contributed by atoms with Crippen LogP contribution in [0.4, 0.5) is 19.0 Å². The van der Waals surface area contributed by atoms with Crippen LogP contribution in [-0.4, -0.2) is 68.8 Å². The van der Waals surface area contributed by atoms with E-state index in [1.165, 1.54) is 31.3 Å². The minimum absolute atomic E-state index is 0.119. The van der Waals surface area contributed by atoms with E-state index < -0.39 is 30.2 Å². The van der Waals surface area contributed by atoms with Crippen molar-refractivity contribution in [1.29, 1.82) is 0 Å². The minimum atomic E-state index is -4.53. The molecule has 1 amide bonds. The zero-order valence-electron chi connectivity index (χ0n) is 17.8. The highest BCUT2D eigenvalue weighted by Crippen LogP contribution is 2.33. The quantitative estimate of drug-likeness (QED) is 0.578. The van der Waals surface area contributed by atoms with E-state index in [0.29, 0.717) is 18.8 Å². The van der Waals surface area contributed by atoms with E-state index >= 15 is 0 Å². The number of rotatable bonds is 6. The third-order valence-electron chi connectivity index (χ3n) is 5.04. The Kier molecular flexibility index (Phi) is 7.52. The Morgan fingerprint density at radius 3 is 2.36 bits per heavy atom. The molecule has 0 N–H and O–H groups in total. The summed E-state index contributed by atoms with van der Waals surface area (Å²) in [6.45, 7) is 0.685. The first kappa shape index (κ1) is 24.4. The number of carbonyl (C=O) groups excluding carboxylic acids is 2. The first-order chi connectivity index (χ1) is 15.6. The number of alkyl halides is 3. The van der Waals surface area contributed by atoms with Crippen LogP contribution in [0.25, 0.3) is 0 Å². The second kappa shape index (κ2) is 10.2. The Morgan fingerprint density at radius 2 is 1.79 bits per heavy atom. The highest BCUT2D eigenvalue weighted by molar-refractivity contribution is 6.33. The molecule has 2 aromatic rings. The lowest BCUT2D eigenvalue weighted by molar-refractivity contribution is -0.138. The fraction of sp³-hybridized carbons (Fsp3) is 0.381. The average molecular weight is 488 g/mol. The summed E-state index contributed by atoms with van der Waals surface area (Å²) in [6, 6.07) is 5.40. The minimum Gasteiger partial charge on any atom is -0.497 e. The van der Waals surface area contributed by atoms with E-state index in [1.54, 1.807) is 11.0 Å². The Morgan fingerprint density at radius 1 is 1.09 bits per heavy atom. The van der Waals surface area contributed by atoms with Crippen molar-refractivity contribution >= 4 is 29.3 Å². The van der Waals surface area contributed by atoms with Gasteiger partial charge in [0.25, 0.3) is 5.91 Å². The lowest BCUT2D eigenvalue weighted by Gasteiger charge is -2.35. The summed E-state index contributed by atoms with van der Waals surface area (Å²) in [4.78, 5) is 31.9. The van der Waals surface area contributed by atoms with Crippen molar-refractivity contribution < 1.29 is 37.0 Å². The molecule has 1 saturated heterocycles. The topological polar surface area (TPSA) is 81.2 Å². The van der Waals surface area contributed by atoms with Gasteiger partial charge in [0.1, 0.15) is 22.9 Å². The number of piperazine rings is 1. The summed E-state index contributed by atoms with van der Waals surface area (Å²) in [5, 5.41) is -0.119. The van der Waals surface area contributed by atoms with Crippen molar-refractivity contribution in [3.63, 3.8) is 0 Å². The van der Waals surface area contributed by atoms with Gasteiger partial charge in [-0.25, -0.2) is 9.78 Å². The van der Waals surface area contributed by atoms with E-state index in [2.05, 4.69) is 4.98 Å². The molecule has 3 rings (SSSR count). The van der Waals surface area contributed by atoms with Gasteiger partial charge in [0, 0.05) is 38.4 Å². The maximum atomic E-state index is 12.8. The molecular weight excluding hydrogens is 467 g/mol. The molecule has 0 unspecified atom stereocenters. The summed E-state index contributed by atoms with van der Waals surface area (Å²) in [7, 11) is 2.88. The lowest BCUT2D eigenvalue weighted by atomic mass is 10.2. The number of methoxy groups -OCH3 is 2. The Labute approximate surface area is 192 Å². The SMILES string of the molecule is COc1ccc(C(=O)OCC(=O)N2CCN(c3ncc(C(F)(F)F)cc3Cl)CC2)c(OC)c1. The number of hydrogen-bond acceptors (Lipinski definition) is 7. The molecule has 2 heterocycles. The number of benzene rings is 1. The van der Waals surface area contributed by atoms with Crippen LogP contribution in [0.2, 0.25) is 5.02 Å². The number of ether oxygens (including phenoxy) is 3. The number of pyridine rings is 1. The van der Waals surface area contributed by atoms with Crippen molar-refractivity contribution in [2.45, 2.75) is 6.18 Å². The van der Waals surface area contributed by atoms with Crippen molar-refractivity contribution in [1.82, 2.24) is 9.88 Å². The summed E-state index contributed by atoms with van der Waals surface area (Å²) in [5.41, 5.74) is -0.778. The maximum absolute atomic E-state index is 12.8. The average Bonchev–Trinajstić information content (AvgIpc) is 2.81. The van der Waals surface area contributed by atoms with E-state index in [1.807, 2.05) is 0 Å². The predicted molar refractivity (Wildman–Crippen MR) is 113 cm³/mol. The van der Waals surface area contributed by atoms with Gasteiger partial charge in [0.05, 0.1) is 24.8 Å². The van der Waals surface area contributed by atoms with Gasteiger partial charge in [0.15, 0.2) is 6.61 Å². The molecule has 0 bridgehead atoms. The molecule has 0 saturated carbocycles. The van der Waals surface area contributed by atoms with E-state index in [0.717, 1.165) is 12.3 Å². The standard InChI is InChI=1S/C21H21ClF3N3O5/c1-31-14-3-4-15(17(10-14)32-2)20(30)33-12-18(29)27-5-7-28(8-6-27)19-16(22)9-13(11-26-19)21(23,24)25/h3-4,9-11H,5-8,12H2,1-2H3.